The molecule has 1 N–H and O–H groups in total. The normalized spacial score (nSPS) is 12.8. The second-order valence-corrected chi connectivity index (χ2v) is 4.60. The van der Waals surface area contributed by atoms with E-state index in [-0.39, 0.29) is 6.04 Å². The summed E-state index contributed by atoms with van der Waals surface area (Å²) in [5.41, 5.74) is 1.11. The molecule has 0 bridgehead atoms. The summed E-state index contributed by atoms with van der Waals surface area (Å²) >= 11 is 11.9. The van der Waals surface area contributed by atoms with Crippen LogP contribution in [0.2, 0.25) is 10.0 Å². The lowest BCUT2D eigenvalue weighted by atomic mass is 10.1. The van der Waals surface area contributed by atoms with Gasteiger partial charge < -0.3 is 10.1 Å². The van der Waals surface area contributed by atoms with Gasteiger partial charge >= 0.3 is 0 Å². The minimum Gasteiger partial charge on any atom is -0.385 e. The van der Waals surface area contributed by atoms with E-state index in [0.29, 0.717) is 10.0 Å². The first kappa shape index (κ1) is 13.8. The Morgan fingerprint density at radius 1 is 1.25 bits per heavy atom. The van der Waals surface area contributed by atoms with Crippen LogP contribution in [0, 0.1) is 0 Å². The van der Waals surface area contributed by atoms with Crippen LogP contribution in [0.1, 0.15) is 24.9 Å². The van der Waals surface area contributed by atoms with Crippen molar-refractivity contribution in [1.82, 2.24) is 5.32 Å². The third kappa shape index (κ3) is 4.71. The zero-order valence-electron chi connectivity index (χ0n) is 9.59. The molecule has 0 aliphatic carbocycles. The van der Waals surface area contributed by atoms with E-state index in [0.717, 1.165) is 25.1 Å². The van der Waals surface area contributed by atoms with Gasteiger partial charge in [-0.25, -0.2) is 0 Å². The first-order chi connectivity index (χ1) is 7.63. The van der Waals surface area contributed by atoms with Gasteiger partial charge in [0.05, 0.1) is 0 Å². The van der Waals surface area contributed by atoms with Crippen LogP contribution in [-0.4, -0.2) is 20.3 Å². The summed E-state index contributed by atoms with van der Waals surface area (Å²) in [7, 11) is 1.71. The molecule has 1 rings (SSSR count). The summed E-state index contributed by atoms with van der Waals surface area (Å²) in [4.78, 5) is 0. The number of nitrogens with one attached hydrogen (secondary N) is 1. The molecule has 0 saturated carbocycles. The van der Waals surface area contributed by atoms with Crippen molar-refractivity contribution < 1.29 is 4.74 Å². The highest BCUT2D eigenvalue weighted by Crippen LogP contribution is 2.23. The monoisotopic (exact) mass is 261 g/mol. The van der Waals surface area contributed by atoms with Gasteiger partial charge in [-0.2, -0.15) is 0 Å². The van der Waals surface area contributed by atoms with E-state index in [9.17, 15) is 0 Å². The van der Waals surface area contributed by atoms with Gasteiger partial charge in [-0.3, -0.25) is 0 Å². The third-order valence-corrected chi connectivity index (χ3v) is 2.80. The van der Waals surface area contributed by atoms with E-state index >= 15 is 0 Å². The number of ether oxygens (including phenoxy) is 1. The average Bonchev–Trinajstić information content (AvgIpc) is 2.22. The van der Waals surface area contributed by atoms with E-state index in [1.54, 1.807) is 13.2 Å². The molecule has 1 unspecified atom stereocenters. The SMILES string of the molecule is COCCCNC(C)c1cc(Cl)cc(Cl)c1. The van der Waals surface area contributed by atoms with Crippen molar-refractivity contribution in [2.24, 2.45) is 0 Å². The zero-order valence-corrected chi connectivity index (χ0v) is 11.1. The van der Waals surface area contributed by atoms with Gasteiger partial charge in [0.15, 0.2) is 0 Å². The van der Waals surface area contributed by atoms with Crippen molar-refractivity contribution in [3.63, 3.8) is 0 Å². The Hall–Kier alpha value is -0.280. The highest BCUT2D eigenvalue weighted by Gasteiger charge is 2.06. The Morgan fingerprint density at radius 2 is 1.88 bits per heavy atom. The van der Waals surface area contributed by atoms with Crippen molar-refractivity contribution in [1.29, 1.82) is 0 Å². The Kier molecular flexibility index (Phi) is 6.14. The lowest BCUT2D eigenvalue weighted by molar-refractivity contribution is 0.193. The summed E-state index contributed by atoms with van der Waals surface area (Å²) < 4.78 is 4.99. The fourth-order valence-corrected chi connectivity index (χ4v) is 2.02. The number of hydrogen-bond acceptors (Lipinski definition) is 2. The van der Waals surface area contributed by atoms with Crippen LogP contribution < -0.4 is 5.32 Å². The number of methoxy groups -OCH3 is 1. The molecule has 0 fully saturated rings. The van der Waals surface area contributed by atoms with Gasteiger partial charge in [-0.1, -0.05) is 23.2 Å². The Morgan fingerprint density at radius 3 is 2.44 bits per heavy atom. The minimum absolute atomic E-state index is 0.244. The molecule has 0 amide bonds. The van der Waals surface area contributed by atoms with Crippen LogP contribution in [0.15, 0.2) is 18.2 Å². The van der Waals surface area contributed by atoms with Gasteiger partial charge in [0.25, 0.3) is 0 Å². The summed E-state index contributed by atoms with van der Waals surface area (Å²) in [6.07, 6.45) is 0.995. The maximum Gasteiger partial charge on any atom is 0.0474 e. The molecule has 0 aliphatic rings. The van der Waals surface area contributed by atoms with Crippen LogP contribution in [0.4, 0.5) is 0 Å². The third-order valence-electron chi connectivity index (χ3n) is 2.36. The second kappa shape index (κ2) is 7.13. The van der Waals surface area contributed by atoms with Crippen molar-refractivity contribution in [3.05, 3.63) is 33.8 Å². The van der Waals surface area contributed by atoms with Crippen molar-refractivity contribution in [2.45, 2.75) is 19.4 Å². The van der Waals surface area contributed by atoms with Crippen LogP contribution in [0.5, 0.6) is 0 Å². The van der Waals surface area contributed by atoms with Crippen molar-refractivity contribution in [2.75, 3.05) is 20.3 Å². The topological polar surface area (TPSA) is 21.3 Å². The van der Waals surface area contributed by atoms with E-state index in [1.807, 2.05) is 12.1 Å². The van der Waals surface area contributed by atoms with Crippen LogP contribution >= 0.6 is 23.2 Å². The summed E-state index contributed by atoms with van der Waals surface area (Å²) in [6, 6.07) is 5.85. The van der Waals surface area contributed by atoms with Gasteiger partial charge in [0.1, 0.15) is 0 Å². The zero-order chi connectivity index (χ0) is 12.0. The largest absolute Gasteiger partial charge is 0.385 e. The quantitative estimate of drug-likeness (QED) is 0.789. The van der Waals surface area contributed by atoms with E-state index in [1.165, 1.54) is 0 Å². The predicted octanol–water partition coefficient (Wildman–Crippen LogP) is 3.68. The number of halogens is 2. The smallest absolute Gasteiger partial charge is 0.0474 e. The molecule has 1 atom stereocenters. The maximum atomic E-state index is 5.95. The molecule has 0 saturated heterocycles. The number of benzene rings is 1. The number of hydrogen-bond donors (Lipinski definition) is 1. The van der Waals surface area contributed by atoms with Crippen LogP contribution in [0.3, 0.4) is 0 Å². The van der Waals surface area contributed by atoms with Crippen LogP contribution in [-0.2, 0) is 4.74 Å². The molecule has 1 aromatic rings. The number of rotatable bonds is 6. The fraction of sp³-hybridized carbons (Fsp3) is 0.500. The average molecular weight is 262 g/mol. The van der Waals surface area contributed by atoms with Crippen molar-refractivity contribution in [3.8, 4) is 0 Å². The summed E-state index contributed by atoms with van der Waals surface area (Å²) in [6.45, 7) is 3.78. The Balaban J connectivity index is 2.48. The second-order valence-electron chi connectivity index (χ2n) is 3.72. The summed E-state index contributed by atoms with van der Waals surface area (Å²) in [5, 5.41) is 4.74. The first-order valence-corrected chi connectivity index (χ1v) is 6.07. The lowest BCUT2D eigenvalue weighted by Crippen LogP contribution is -2.20. The van der Waals surface area contributed by atoms with Gasteiger partial charge in [0.2, 0.25) is 0 Å². The molecule has 16 heavy (non-hydrogen) atoms. The molecular formula is C12H17Cl2NO. The Bertz CT molecular complexity index is 311. The molecule has 1 aromatic carbocycles. The highest BCUT2D eigenvalue weighted by molar-refractivity contribution is 6.34. The molecule has 0 aromatic heterocycles. The maximum absolute atomic E-state index is 5.95. The predicted molar refractivity (Wildman–Crippen MR) is 69.4 cm³/mol. The molecular weight excluding hydrogens is 245 g/mol. The van der Waals surface area contributed by atoms with E-state index in [2.05, 4.69) is 12.2 Å². The molecule has 0 aliphatic heterocycles. The minimum atomic E-state index is 0.244. The molecule has 2 nitrogen and oxygen atoms in total. The van der Waals surface area contributed by atoms with Crippen molar-refractivity contribution >= 4 is 23.2 Å². The van der Waals surface area contributed by atoms with Crippen LogP contribution in [0.25, 0.3) is 0 Å². The molecule has 0 radical (unpaired) electrons. The van der Waals surface area contributed by atoms with Gasteiger partial charge in [-0.05, 0) is 43.7 Å². The molecule has 90 valence electrons. The molecule has 0 heterocycles. The fourth-order valence-electron chi connectivity index (χ4n) is 1.48. The standard InChI is InChI=1S/C12H17Cl2NO/c1-9(15-4-3-5-16-2)10-6-11(13)8-12(14)7-10/h6-9,15H,3-5H2,1-2H3. The van der Waals surface area contributed by atoms with Gasteiger partial charge in [0, 0.05) is 29.8 Å². The summed E-state index contributed by atoms with van der Waals surface area (Å²) in [5.74, 6) is 0. The molecule has 0 spiro atoms. The van der Waals surface area contributed by atoms with E-state index in [4.69, 9.17) is 27.9 Å². The first-order valence-electron chi connectivity index (χ1n) is 5.32. The highest BCUT2D eigenvalue weighted by atomic mass is 35.5. The molecule has 4 heteroatoms. The van der Waals surface area contributed by atoms with Gasteiger partial charge in [-0.15, -0.1) is 0 Å². The van der Waals surface area contributed by atoms with E-state index < -0.39 is 0 Å². The lowest BCUT2D eigenvalue weighted by Gasteiger charge is -2.14. The Labute approximate surface area is 107 Å².